The van der Waals surface area contributed by atoms with Crippen molar-refractivity contribution in [1.29, 1.82) is 0 Å². The van der Waals surface area contributed by atoms with Gasteiger partial charge < -0.3 is 0 Å². The highest BCUT2D eigenvalue weighted by molar-refractivity contribution is 9.09. The maximum absolute atomic E-state index is 11.1. The van der Waals surface area contributed by atoms with Gasteiger partial charge in [0, 0.05) is 10.7 Å². The first-order chi connectivity index (χ1) is 7.49. The van der Waals surface area contributed by atoms with E-state index in [-0.39, 0.29) is 4.90 Å². The molecule has 16 heavy (non-hydrogen) atoms. The molecule has 90 valence electrons. The van der Waals surface area contributed by atoms with Gasteiger partial charge in [0.1, 0.15) is 0 Å². The zero-order valence-corrected chi connectivity index (χ0v) is 12.5. The van der Waals surface area contributed by atoms with E-state index in [1.165, 1.54) is 6.07 Å². The molecule has 0 saturated carbocycles. The summed E-state index contributed by atoms with van der Waals surface area (Å²) in [4.78, 5) is 0.00488. The van der Waals surface area contributed by atoms with Gasteiger partial charge in [-0.1, -0.05) is 44.0 Å². The molecule has 6 heteroatoms. The van der Waals surface area contributed by atoms with Crippen molar-refractivity contribution >= 4 is 42.0 Å². The number of hydrogen-bond acceptors (Lipinski definition) is 2. The minimum Gasteiger partial charge on any atom is -0.282 e. The Bertz CT molecular complexity index is 457. The van der Waals surface area contributed by atoms with Gasteiger partial charge in [-0.2, -0.15) is 8.42 Å². The second kappa shape index (κ2) is 6.14. The molecular formula is C10H12Br2O3S. The lowest BCUT2D eigenvalue weighted by Crippen LogP contribution is -2.05. The van der Waals surface area contributed by atoms with Gasteiger partial charge in [0.05, 0.1) is 4.90 Å². The van der Waals surface area contributed by atoms with Crippen LogP contribution in [0.25, 0.3) is 0 Å². The molecule has 0 unspecified atom stereocenters. The van der Waals surface area contributed by atoms with Crippen LogP contribution < -0.4 is 0 Å². The second-order valence-corrected chi connectivity index (χ2v) is 6.27. The quantitative estimate of drug-likeness (QED) is 0.639. The van der Waals surface area contributed by atoms with Gasteiger partial charge >= 0.3 is 0 Å². The fourth-order valence-electron chi connectivity index (χ4n) is 1.45. The summed E-state index contributed by atoms with van der Waals surface area (Å²) in [6.45, 7) is 0. The summed E-state index contributed by atoms with van der Waals surface area (Å²) in [7, 11) is -4.12. The van der Waals surface area contributed by atoms with E-state index in [0.717, 1.165) is 17.3 Å². The standard InChI is InChI=1S/C10H12Br2O3S/c11-5-3-8-1-2-10(16(13,14)15)9(7-8)4-6-12/h1-2,7H,3-6H2,(H,13,14,15). The molecule has 0 bridgehead atoms. The Hall–Kier alpha value is 0.0900. The highest BCUT2D eigenvalue weighted by Crippen LogP contribution is 2.19. The molecule has 3 nitrogen and oxygen atoms in total. The van der Waals surface area contributed by atoms with Crippen molar-refractivity contribution < 1.29 is 13.0 Å². The number of aryl methyl sites for hydroxylation is 2. The normalized spacial score (nSPS) is 11.7. The maximum Gasteiger partial charge on any atom is 0.294 e. The minimum atomic E-state index is -4.12. The Labute approximate surface area is 112 Å². The van der Waals surface area contributed by atoms with Crippen LogP contribution in [0.3, 0.4) is 0 Å². The van der Waals surface area contributed by atoms with Gasteiger partial charge in [-0.15, -0.1) is 0 Å². The van der Waals surface area contributed by atoms with Gasteiger partial charge in [-0.25, -0.2) is 0 Å². The van der Waals surface area contributed by atoms with E-state index in [1.807, 2.05) is 6.07 Å². The van der Waals surface area contributed by atoms with Crippen LogP contribution in [-0.4, -0.2) is 23.6 Å². The van der Waals surface area contributed by atoms with Crippen LogP contribution in [0, 0.1) is 0 Å². The fourth-order valence-corrected chi connectivity index (χ4v) is 3.06. The summed E-state index contributed by atoms with van der Waals surface area (Å²) in [5, 5.41) is 1.49. The van der Waals surface area contributed by atoms with Crippen molar-refractivity contribution in [3.8, 4) is 0 Å². The first-order valence-electron chi connectivity index (χ1n) is 4.70. The molecule has 1 rings (SSSR count). The first-order valence-corrected chi connectivity index (χ1v) is 8.38. The van der Waals surface area contributed by atoms with Crippen molar-refractivity contribution in [3.05, 3.63) is 29.3 Å². The van der Waals surface area contributed by atoms with Crippen LogP contribution in [0.2, 0.25) is 0 Å². The van der Waals surface area contributed by atoms with Gasteiger partial charge in [0.25, 0.3) is 10.1 Å². The molecule has 0 radical (unpaired) electrons. The fraction of sp³-hybridized carbons (Fsp3) is 0.400. The third-order valence-corrected chi connectivity index (χ3v) is 3.90. The lowest BCUT2D eigenvalue weighted by atomic mass is 10.1. The Morgan fingerprint density at radius 2 is 1.75 bits per heavy atom. The molecule has 0 saturated heterocycles. The minimum absolute atomic E-state index is 0.00488. The van der Waals surface area contributed by atoms with E-state index in [4.69, 9.17) is 4.55 Å². The Morgan fingerprint density at radius 3 is 2.25 bits per heavy atom. The molecule has 1 N–H and O–H groups in total. The van der Waals surface area contributed by atoms with Gasteiger partial charge in [0.15, 0.2) is 0 Å². The van der Waals surface area contributed by atoms with E-state index < -0.39 is 10.1 Å². The topological polar surface area (TPSA) is 54.4 Å². The van der Waals surface area contributed by atoms with Crippen molar-refractivity contribution in [2.24, 2.45) is 0 Å². The van der Waals surface area contributed by atoms with Crippen LogP contribution in [0.4, 0.5) is 0 Å². The summed E-state index contributed by atoms with van der Waals surface area (Å²) in [6, 6.07) is 5.01. The van der Waals surface area contributed by atoms with Crippen molar-refractivity contribution in [3.63, 3.8) is 0 Å². The van der Waals surface area contributed by atoms with Crippen molar-refractivity contribution in [2.75, 3.05) is 10.7 Å². The lowest BCUT2D eigenvalue weighted by Gasteiger charge is -2.08. The summed E-state index contributed by atoms with van der Waals surface area (Å²) in [5.41, 5.74) is 1.71. The molecule has 0 aliphatic rings. The zero-order valence-electron chi connectivity index (χ0n) is 8.49. The predicted octanol–water partition coefficient (Wildman–Crippen LogP) is 2.81. The maximum atomic E-state index is 11.1. The van der Waals surface area contributed by atoms with Crippen LogP contribution in [0.5, 0.6) is 0 Å². The summed E-state index contributed by atoms with van der Waals surface area (Å²) in [6.07, 6.45) is 1.41. The van der Waals surface area contributed by atoms with E-state index in [1.54, 1.807) is 6.07 Å². The van der Waals surface area contributed by atoms with Crippen LogP contribution >= 0.6 is 31.9 Å². The van der Waals surface area contributed by atoms with Crippen LogP contribution in [-0.2, 0) is 23.0 Å². The molecule has 0 amide bonds. The third-order valence-electron chi connectivity index (χ3n) is 2.15. The largest absolute Gasteiger partial charge is 0.294 e. The Kier molecular flexibility index (Phi) is 5.43. The van der Waals surface area contributed by atoms with Crippen molar-refractivity contribution in [1.82, 2.24) is 0 Å². The smallest absolute Gasteiger partial charge is 0.282 e. The number of hydrogen-bond donors (Lipinski definition) is 1. The summed E-state index contributed by atoms with van der Waals surface area (Å²) >= 11 is 6.60. The van der Waals surface area contributed by atoms with E-state index in [0.29, 0.717) is 17.3 Å². The molecule has 0 atom stereocenters. The Morgan fingerprint density at radius 1 is 1.12 bits per heavy atom. The average molecular weight is 372 g/mol. The Balaban J connectivity index is 3.19. The molecule has 0 spiro atoms. The molecule has 0 aliphatic heterocycles. The SMILES string of the molecule is O=S(=O)(O)c1ccc(CCBr)cc1CCBr. The number of rotatable bonds is 5. The number of benzene rings is 1. The molecule has 1 aromatic carbocycles. The third kappa shape index (κ3) is 3.84. The van der Waals surface area contributed by atoms with E-state index >= 15 is 0 Å². The highest BCUT2D eigenvalue weighted by atomic mass is 79.9. The molecule has 0 heterocycles. The first kappa shape index (κ1) is 14.2. The monoisotopic (exact) mass is 370 g/mol. The summed E-state index contributed by atoms with van der Waals surface area (Å²) < 4.78 is 31.3. The van der Waals surface area contributed by atoms with Crippen molar-refractivity contribution in [2.45, 2.75) is 17.7 Å². The van der Waals surface area contributed by atoms with E-state index in [2.05, 4.69) is 31.9 Å². The second-order valence-electron chi connectivity index (χ2n) is 3.30. The van der Waals surface area contributed by atoms with Gasteiger partial charge in [-0.3, -0.25) is 4.55 Å². The van der Waals surface area contributed by atoms with Crippen LogP contribution in [0.1, 0.15) is 11.1 Å². The lowest BCUT2D eigenvalue weighted by molar-refractivity contribution is 0.482. The van der Waals surface area contributed by atoms with Crippen LogP contribution in [0.15, 0.2) is 23.1 Å². The molecule has 0 aliphatic carbocycles. The molecular weight excluding hydrogens is 360 g/mol. The zero-order chi connectivity index (χ0) is 12.2. The summed E-state index contributed by atoms with van der Waals surface area (Å²) in [5.74, 6) is 0. The number of alkyl halides is 2. The molecule has 0 fully saturated rings. The number of halogens is 2. The predicted molar refractivity (Wildman–Crippen MR) is 71.3 cm³/mol. The van der Waals surface area contributed by atoms with Gasteiger partial charge in [0.2, 0.25) is 0 Å². The molecule has 1 aromatic rings. The van der Waals surface area contributed by atoms with Gasteiger partial charge in [-0.05, 0) is 30.0 Å². The van der Waals surface area contributed by atoms with E-state index in [9.17, 15) is 8.42 Å². The highest BCUT2D eigenvalue weighted by Gasteiger charge is 2.15. The average Bonchev–Trinajstić information content (AvgIpc) is 2.17. The molecule has 0 aromatic heterocycles.